The van der Waals surface area contributed by atoms with Gasteiger partial charge in [0.2, 0.25) is 0 Å². The molecule has 0 unspecified atom stereocenters. The first-order chi connectivity index (χ1) is 6.81. The Morgan fingerprint density at radius 3 is 3.00 bits per heavy atom. The molecule has 0 amide bonds. The van der Waals surface area contributed by atoms with Crippen LogP contribution in [0.1, 0.15) is 17.9 Å². The highest BCUT2D eigenvalue weighted by molar-refractivity contribution is 5.79. The molecule has 1 aromatic carbocycles. The zero-order valence-electron chi connectivity index (χ0n) is 8.03. The third-order valence-corrected chi connectivity index (χ3v) is 2.43. The van der Waals surface area contributed by atoms with Crippen molar-refractivity contribution in [3.63, 3.8) is 0 Å². The lowest BCUT2D eigenvalue weighted by Gasteiger charge is -2.07. The van der Waals surface area contributed by atoms with E-state index in [-0.39, 0.29) is 11.9 Å². The summed E-state index contributed by atoms with van der Waals surface area (Å²) in [6.45, 7) is 0.528. The summed E-state index contributed by atoms with van der Waals surface area (Å²) in [5, 5.41) is 0. The van der Waals surface area contributed by atoms with Gasteiger partial charge in [0, 0.05) is 0 Å². The highest BCUT2D eigenvalue weighted by Gasteiger charge is 2.28. The summed E-state index contributed by atoms with van der Waals surface area (Å²) < 4.78 is 10.0. The van der Waals surface area contributed by atoms with E-state index in [4.69, 9.17) is 9.47 Å². The van der Waals surface area contributed by atoms with Gasteiger partial charge in [-0.3, -0.25) is 4.79 Å². The lowest BCUT2D eigenvalue weighted by Crippen LogP contribution is -2.05. The Balaban J connectivity index is 2.26. The number of esters is 1. The minimum atomic E-state index is -0.127. The molecule has 0 aliphatic carbocycles. The molecule has 0 N–H and O–H groups in total. The number of carbonyl (C=O) groups is 1. The van der Waals surface area contributed by atoms with Gasteiger partial charge in [-0.1, -0.05) is 12.1 Å². The summed E-state index contributed by atoms with van der Waals surface area (Å²) >= 11 is 0. The topological polar surface area (TPSA) is 35.5 Å². The van der Waals surface area contributed by atoms with Crippen molar-refractivity contribution in [2.24, 2.45) is 0 Å². The minimum absolute atomic E-state index is 0.106. The first-order valence-electron chi connectivity index (χ1n) is 4.62. The number of hydrogen-bond acceptors (Lipinski definition) is 3. The molecule has 0 saturated carbocycles. The fraction of sp³-hybridized carbons (Fsp3) is 0.364. The van der Waals surface area contributed by atoms with Gasteiger partial charge in [-0.25, -0.2) is 0 Å². The number of methoxy groups -OCH3 is 1. The molecule has 1 aromatic rings. The molecule has 3 nitrogen and oxygen atoms in total. The maximum absolute atomic E-state index is 11.3. The van der Waals surface area contributed by atoms with Crippen LogP contribution in [-0.2, 0) is 9.53 Å². The lowest BCUT2D eigenvalue weighted by atomic mass is 9.98. The highest BCUT2D eigenvalue weighted by atomic mass is 16.5. The molecule has 2 rings (SSSR count). The standard InChI is InChI=1S/C11H12O3/c1-13-9-4-2-3-8(7-9)10-5-6-14-11(10)12/h2-4,7,10H,5-6H2,1H3/t10-/m0/s1. The molecule has 0 spiro atoms. The predicted octanol–water partition coefficient (Wildman–Crippen LogP) is 1.73. The first kappa shape index (κ1) is 9.06. The maximum atomic E-state index is 11.3. The first-order valence-corrected chi connectivity index (χ1v) is 4.62. The van der Waals surface area contributed by atoms with Crippen molar-refractivity contribution < 1.29 is 14.3 Å². The van der Waals surface area contributed by atoms with Crippen LogP contribution in [0.25, 0.3) is 0 Å². The van der Waals surface area contributed by atoms with Gasteiger partial charge in [0.05, 0.1) is 19.6 Å². The Morgan fingerprint density at radius 1 is 1.50 bits per heavy atom. The van der Waals surface area contributed by atoms with Gasteiger partial charge < -0.3 is 9.47 Å². The molecule has 1 aliphatic rings. The van der Waals surface area contributed by atoms with Crippen molar-refractivity contribution in [2.75, 3.05) is 13.7 Å². The van der Waals surface area contributed by atoms with Crippen LogP contribution in [0.4, 0.5) is 0 Å². The molecule has 14 heavy (non-hydrogen) atoms. The van der Waals surface area contributed by atoms with Crippen molar-refractivity contribution in [1.82, 2.24) is 0 Å². The van der Waals surface area contributed by atoms with Gasteiger partial charge in [-0.15, -0.1) is 0 Å². The smallest absolute Gasteiger partial charge is 0.313 e. The molecular formula is C11H12O3. The average Bonchev–Trinajstić information content (AvgIpc) is 2.65. The second-order valence-electron chi connectivity index (χ2n) is 3.29. The number of benzene rings is 1. The summed E-state index contributed by atoms with van der Waals surface area (Å²) in [7, 11) is 1.62. The van der Waals surface area contributed by atoms with Gasteiger partial charge in [-0.2, -0.15) is 0 Å². The highest BCUT2D eigenvalue weighted by Crippen LogP contribution is 2.28. The Labute approximate surface area is 82.6 Å². The van der Waals surface area contributed by atoms with Crippen molar-refractivity contribution in [1.29, 1.82) is 0 Å². The normalized spacial score (nSPS) is 20.6. The molecule has 1 aliphatic heterocycles. The molecule has 74 valence electrons. The quantitative estimate of drug-likeness (QED) is 0.669. The van der Waals surface area contributed by atoms with Gasteiger partial charge in [0.25, 0.3) is 0 Å². The van der Waals surface area contributed by atoms with E-state index < -0.39 is 0 Å². The second kappa shape index (κ2) is 3.70. The number of cyclic esters (lactones) is 1. The van der Waals surface area contributed by atoms with Crippen molar-refractivity contribution in [3.05, 3.63) is 29.8 Å². The van der Waals surface area contributed by atoms with Crippen LogP contribution in [0, 0.1) is 0 Å². The van der Waals surface area contributed by atoms with Crippen LogP contribution in [0.15, 0.2) is 24.3 Å². The molecule has 0 aromatic heterocycles. The molecule has 0 radical (unpaired) electrons. The van der Waals surface area contributed by atoms with Crippen LogP contribution < -0.4 is 4.74 Å². The van der Waals surface area contributed by atoms with E-state index >= 15 is 0 Å². The van der Waals surface area contributed by atoms with Gasteiger partial charge in [0.1, 0.15) is 5.75 Å². The number of carbonyl (C=O) groups excluding carboxylic acids is 1. The molecular weight excluding hydrogens is 180 g/mol. The minimum Gasteiger partial charge on any atom is -0.497 e. The second-order valence-corrected chi connectivity index (χ2v) is 3.29. The fourth-order valence-corrected chi connectivity index (χ4v) is 1.66. The van der Waals surface area contributed by atoms with E-state index in [0.29, 0.717) is 6.61 Å². The van der Waals surface area contributed by atoms with Gasteiger partial charge >= 0.3 is 5.97 Å². The lowest BCUT2D eigenvalue weighted by molar-refractivity contribution is -0.139. The van der Waals surface area contributed by atoms with Crippen LogP contribution >= 0.6 is 0 Å². The molecule has 0 bridgehead atoms. The Morgan fingerprint density at radius 2 is 2.36 bits per heavy atom. The van der Waals surface area contributed by atoms with Gasteiger partial charge in [0.15, 0.2) is 0 Å². The van der Waals surface area contributed by atoms with Crippen LogP contribution in [0.3, 0.4) is 0 Å². The monoisotopic (exact) mass is 192 g/mol. The molecule has 3 heteroatoms. The summed E-state index contributed by atoms with van der Waals surface area (Å²) in [4.78, 5) is 11.3. The Kier molecular flexibility index (Phi) is 2.39. The van der Waals surface area contributed by atoms with Crippen LogP contribution in [0.5, 0.6) is 5.75 Å². The van der Waals surface area contributed by atoms with E-state index in [1.54, 1.807) is 7.11 Å². The molecule has 1 fully saturated rings. The van der Waals surface area contributed by atoms with Gasteiger partial charge in [-0.05, 0) is 24.1 Å². The molecule has 1 heterocycles. The van der Waals surface area contributed by atoms with E-state index in [2.05, 4.69) is 0 Å². The third kappa shape index (κ3) is 1.58. The Bertz CT molecular complexity index is 346. The molecule has 1 atom stereocenters. The zero-order chi connectivity index (χ0) is 9.97. The SMILES string of the molecule is COc1cccc([C@@H]2CCOC2=O)c1. The van der Waals surface area contributed by atoms with Crippen LogP contribution in [0.2, 0.25) is 0 Å². The number of hydrogen-bond donors (Lipinski definition) is 0. The summed E-state index contributed by atoms with van der Waals surface area (Å²) in [5.41, 5.74) is 0.979. The Hall–Kier alpha value is -1.51. The van der Waals surface area contributed by atoms with E-state index in [9.17, 15) is 4.79 Å². The van der Waals surface area contributed by atoms with Crippen molar-refractivity contribution in [2.45, 2.75) is 12.3 Å². The van der Waals surface area contributed by atoms with Crippen molar-refractivity contribution in [3.8, 4) is 5.75 Å². The zero-order valence-corrected chi connectivity index (χ0v) is 8.03. The largest absolute Gasteiger partial charge is 0.497 e. The van der Waals surface area contributed by atoms with E-state index in [1.807, 2.05) is 24.3 Å². The maximum Gasteiger partial charge on any atom is 0.313 e. The van der Waals surface area contributed by atoms with Crippen LogP contribution in [-0.4, -0.2) is 19.7 Å². The number of rotatable bonds is 2. The predicted molar refractivity (Wildman–Crippen MR) is 51.3 cm³/mol. The third-order valence-electron chi connectivity index (χ3n) is 2.43. The van der Waals surface area contributed by atoms with E-state index in [1.165, 1.54) is 0 Å². The summed E-state index contributed by atoms with van der Waals surface area (Å²) in [6, 6.07) is 7.57. The summed E-state index contributed by atoms with van der Waals surface area (Å²) in [6.07, 6.45) is 0.770. The fourth-order valence-electron chi connectivity index (χ4n) is 1.66. The summed E-state index contributed by atoms with van der Waals surface area (Å²) in [5.74, 6) is 0.547. The number of ether oxygens (including phenoxy) is 2. The van der Waals surface area contributed by atoms with E-state index in [0.717, 1.165) is 17.7 Å². The molecule has 1 saturated heterocycles. The average molecular weight is 192 g/mol. The van der Waals surface area contributed by atoms with Crippen molar-refractivity contribution >= 4 is 5.97 Å².